The van der Waals surface area contributed by atoms with Gasteiger partial charge in [-0.2, -0.15) is 0 Å². The van der Waals surface area contributed by atoms with Gasteiger partial charge >= 0.3 is 0 Å². The smallest absolute Gasteiger partial charge is 0.0684 e. The lowest BCUT2D eigenvalue weighted by Crippen LogP contribution is -2.15. The van der Waals surface area contributed by atoms with E-state index in [0.717, 1.165) is 10.2 Å². The molecule has 2 N–H and O–H groups in total. The molecule has 0 bridgehead atoms. The molecule has 0 aromatic heterocycles. The summed E-state index contributed by atoms with van der Waals surface area (Å²) in [4.78, 5) is 0. The highest BCUT2D eigenvalue weighted by Crippen LogP contribution is 2.22. The second kappa shape index (κ2) is 5.17. The lowest BCUT2D eigenvalue weighted by molar-refractivity contribution is 0.208. The number of anilines is 1. The standard InChI is InChI=1S/C9H11BrINO/c1-6(13)5-12-7-2-3-9(11)8(10)4-7/h2-4,6,12-13H,5H2,1H3. The molecule has 0 aliphatic carbocycles. The lowest BCUT2D eigenvalue weighted by Gasteiger charge is -2.08. The van der Waals surface area contributed by atoms with Crippen LogP contribution in [0.4, 0.5) is 5.69 Å². The van der Waals surface area contributed by atoms with Gasteiger partial charge in [0.1, 0.15) is 0 Å². The summed E-state index contributed by atoms with van der Waals surface area (Å²) in [5, 5.41) is 12.2. The largest absolute Gasteiger partial charge is 0.392 e. The predicted molar refractivity (Wildman–Crippen MR) is 67.0 cm³/mol. The maximum Gasteiger partial charge on any atom is 0.0684 e. The Morgan fingerprint density at radius 1 is 1.62 bits per heavy atom. The van der Waals surface area contributed by atoms with Crippen molar-refractivity contribution in [3.05, 3.63) is 26.2 Å². The van der Waals surface area contributed by atoms with Gasteiger partial charge < -0.3 is 10.4 Å². The molecule has 1 rings (SSSR count). The van der Waals surface area contributed by atoms with E-state index in [2.05, 4.69) is 43.8 Å². The van der Waals surface area contributed by atoms with Crippen molar-refractivity contribution in [3.63, 3.8) is 0 Å². The Labute approximate surface area is 100.0 Å². The fourth-order valence-electron chi connectivity index (χ4n) is 0.872. The lowest BCUT2D eigenvalue weighted by atomic mass is 10.3. The first-order valence-electron chi connectivity index (χ1n) is 3.96. The maximum atomic E-state index is 9.06. The number of hydrogen-bond acceptors (Lipinski definition) is 2. The molecule has 0 amide bonds. The first-order chi connectivity index (χ1) is 6.09. The van der Waals surface area contributed by atoms with Crippen LogP contribution in [0, 0.1) is 3.57 Å². The van der Waals surface area contributed by atoms with Gasteiger partial charge in [0.15, 0.2) is 0 Å². The third kappa shape index (κ3) is 3.83. The minimum Gasteiger partial charge on any atom is -0.392 e. The van der Waals surface area contributed by atoms with Crippen LogP contribution < -0.4 is 5.32 Å². The summed E-state index contributed by atoms with van der Waals surface area (Å²) in [5.41, 5.74) is 1.02. The average molecular weight is 356 g/mol. The molecular formula is C9H11BrINO. The van der Waals surface area contributed by atoms with Gasteiger partial charge in [0.05, 0.1) is 6.10 Å². The normalized spacial score (nSPS) is 12.6. The molecule has 0 aliphatic rings. The van der Waals surface area contributed by atoms with E-state index in [4.69, 9.17) is 5.11 Å². The molecular weight excluding hydrogens is 345 g/mol. The zero-order chi connectivity index (χ0) is 9.84. The molecule has 2 nitrogen and oxygen atoms in total. The van der Waals surface area contributed by atoms with Crippen LogP contribution in [-0.4, -0.2) is 17.8 Å². The number of rotatable bonds is 3. The molecule has 0 spiro atoms. The molecule has 1 aromatic carbocycles. The van der Waals surface area contributed by atoms with E-state index in [1.54, 1.807) is 6.92 Å². The number of hydrogen-bond donors (Lipinski definition) is 2. The van der Waals surface area contributed by atoms with Crippen molar-refractivity contribution in [2.75, 3.05) is 11.9 Å². The molecule has 0 fully saturated rings. The first-order valence-corrected chi connectivity index (χ1v) is 5.84. The zero-order valence-electron chi connectivity index (χ0n) is 7.22. The van der Waals surface area contributed by atoms with Crippen molar-refractivity contribution in [1.29, 1.82) is 0 Å². The van der Waals surface area contributed by atoms with E-state index < -0.39 is 0 Å². The molecule has 0 saturated carbocycles. The van der Waals surface area contributed by atoms with E-state index in [1.165, 1.54) is 3.57 Å². The van der Waals surface area contributed by atoms with Gasteiger partial charge in [-0.05, 0) is 63.6 Å². The molecule has 0 saturated heterocycles. The van der Waals surface area contributed by atoms with Gasteiger partial charge in [0.25, 0.3) is 0 Å². The molecule has 0 aliphatic heterocycles. The third-order valence-corrected chi connectivity index (χ3v) is 3.86. The fraction of sp³-hybridized carbons (Fsp3) is 0.333. The van der Waals surface area contributed by atoms with Crippen molar-refractivity contribution in [1.82, 2.24) is 0 Å². The van der Waals surface area contributed by atoms with Crippen molar-refractivity contribution < 1.29 is 5.11 Å². The zero-order valence-corrected chi connectivity index (χ0v) is 11.0. The summed E-state index contributed by atoms with van der Waals surface area (Å²) >= 11 is 5.70. The SMILES string of the molecule is CC(O)CNc1ccc(I)c(Br)c1. The van der Waals surface area contributed by atoms with Gasteiger partial charge in [0, 0.05) is 20.3 Å². The Hall–Kier alpha value is 0.190. The van der Waals surface area contributed by atoms with Gasteiger partial charge in [-0.3, -0.25) is 0 Å². The molecule has 1 unspecified atom stereocenters. The van der Waals surface area contributed by atoms with Crippen molar-refractivity contribution in [2.24, 2.45) is 0 Å². The second-order valence-electron chi connectivity index (χ2n) is 2.86. The number of nitrogens with one attached hydrogen (secondary N) is 1. The third-order valence-electron chi connectivity index (χ3n) is 1.52. The summed E-state index contributed by atoms with van der Waals surface area (Å²) in [6, 6.07) is 6.02. The van der Waals surface area contributed by atoms with E-state index >= 15 is 0 Å². The van der Waals surface area contributed by atoms with Crippen molar-refractivity contribution in [2.45, 2.75) is 13.0 Å². The quantitative estimate of drug-likeness (QED) is 0.817. The van der Waals surface area contributed by atoms with E-state index in [0.29, 0.717) is 6.54 Å². The second-order valence-corrected chi connectivity index (χ2v) is 4.88. The van der Waals surface area contributed by atoms with Gasteiger partial charge in [-0.1, -0.05) is 0 Å². The van der Waals surface area contributed by atoms with Crippen LogP contribution in [0.15, 0.2) is 22.7 Å². The minimum absolute atomic E-state index is 0.321. The van der Waals surface area contributed by atoms with Crippen LogP contribution in [0.3, 0.4) is 0 Å². The Morgan fingerprint density at radius 3 is 2.85 bits per heavy atom. The summed E-state index contributed by atoms with van der Waals surface area (Å²) in [7, 11) is 0. The summed E-state index contributed by atoms with van der Waals surface area (Å²) in [6.45, 7) is 2.34. The number of halogens is 2. The van der Waals surface area contributed by atoms with E-state index in [9.17, 15) is 0 Å². The van der Waals surface area contributed by atoms with Crippen molar-refractivity contribution >= 4 is 44.2 Å². The van der Waals surface area contributed by atoms with Crippen LogP contribution in [-0.2, 0) is 0 Å². The van der Waals surface area contributed by atoms with Gasteiger partial charge in [-0.15, -0.1) is 0 Å². The molecule has 0 radical (unpaired) electrons. The number of aliphatic hydroxyl groups is 1. The molecule has 13 heavy (non-hydrogen) atoms. The molecule has 4 heteroatoms. The Kier molecular flexibility index (Phi) is 4.48. The number of aliphatic hydroxyl groups excluding tert-OH is 1. The van der Waals surface area contributed by atoms with E-state index in [1.807, 2.05) is 18.2 Å². The predicted octanol–water partition coefficient (Wildman–Crippen LogP) is 2.85. The van der Waals surface area contributed by atoms with Crippen LogP contribution >= 0.6 is 38.5 Å². The molecule has 0 heterocycles. The fourth-order valence-corrected chi connectivity index (χ4v) is 1.59. The highest BCUT2D eigenvalue weighted by atomic mass is 127. The monoisotopic (exact) mass is 355 g/mol. The van der Waals surface area contributed by atoms with Crippen LogP contribution in [0.1, 0.15) is 6.92 Å². The Balaban J connectivity index is 2.63. The minimum atomic E-state index is -0.321. The Bertz CT molecular complexity index is 291. The van der Waals surface area contributed by atoms with Crippen LogP contribution in [0.5, 0.6) is 0 Å². The topological polar surface area (TPSA) is 32.3 Å². The van der Waals surface area contributed by atoms with Gasteiger partial charge in [-0.25, -0.2) is 0 Å². The van der Waals surface area contributed by atoms with Crippen LogP contribution in [0.2, 0.25) is 0 Å². The van der Waals surface area contributed by atoms with Gasteiger partial charge in [0.2, 0.25) is 0 Å². The molecule has 1 atom stereocenters. The summed E-state index contributed by atoms with van der Waals surface area (Å²) in [6.07, 6.45) is -0.321. The first kappa shape index (κ1) is 11.3. The molecule has 1 aromatic rings. The van der Waals surface area contributed by atoms with E-state index in [-0.39, 0.29) is 6.10 Å². The maximum absolute atomic E-state index is 9.06. The highest BCUT2D eigenvalue weighted by Gasteiger charge is 1.99. The summed E-state index contributed by atoms with van der Waals surface area (Å²) in [5.74, 6) is 0. The molecule has 72 valence electrons. The summed E-state index contributed by atoms with van der Waals surface area (Å²) < 4.78 is 2.25. The number of benzene rings is 1. The van der Waals surface area contributed by atoms with Crippen LogP contribution in [0.25, 0.3) is 0 Å². The Morgan fingerprint density at radius 2 is 2.31 bits per heavy atom. The highest BCUT2D eigenvalue weighted by molar-refractivity contribution is 14.1. The van der Waals surface area contributed by atoms with Crippen molar-refractivity contribution in [3.8, 4) is 0 Å². The average Bonchev–Trinajstić information content (AvgIpc) is 2.07.